The van der Waals surface area contributed by atoms with Crippen LogP contribution in [0.2, 0.25) is 0 Å². The molecule has 1 fully saturated rings. The van der Waals surface area contributed by atoms with Crippen LogP contribution in [0.4, 0.5) is 17.1 Å². The number of carbonyl (C=O) groups excluding carboxylic acids is 1. The number of benzene rings is 2. The molecule has 1 aliphatic heterocycles. The number of non-ortho nitro benzene ring substituents is 1. The maximum Gasteiger partial charge on any atom is 0.270 e. The zero-order chi connectivity index (χ0) is 19.4. The minimum Gasteiger partial charge on any atom is -0.495 e. The van der Waals surface area contributed by atoms with Crippen molar-refractivity contribution in [3.8, 4) is 5.75 Å². The highest BCUT2D eigenvalue weighted by Crippen LogP contribution is 2.30. The SMILES string of the molecule is COc1ccc(C)cc1NC(=O)c1cc([N+](=O)[O-])ccc1N1CCOCC1. The molecule has 0 unspecified atom stereocenters. The van der Waals surface area contributed by atoms with E-state index in [1.165, 1.54) is 19.2 Å². The summed E-state index contributed by atoms with van der Waals surface area (Å²) >= 11 is 0. The van der Waals surface area contributed by atoms with Gasteiger partial charge < -0.3 is 19.7 Å². The number of nitro groups is 1. The Kier molecular flexibility index (Phi) is 5.56. The van der Waals surface area contributed by atoms with Crippen molar-refractivity contribution in [2.75, 3.05) is 43.6 Å². The second kappa shape index (κ2) is 8.05. The molecule has 0 aromatic heterocycles. The van der Waals surface area contributed by atoms with Crippen LogP contribution in [0.1, 0.15) is 15.9 Å². The summed E-state index contributed by atoms with van der Waals surface area (Å²) in [5.41, 5.74) is 2.23. The number of ether oxygens (including phenoxy) is 2. The predicted octanol–water partition coefficient (Wildman–Crippen LogP) is 3.00. The van der Waals surface area contributed by atoms with Gasteiger partial charge in [0.05, 0.1) is 42.2 Å². The monoisotopic (exact) mass is 371 g/mol. The number of anilines is 2. The number of nitrogens with one attached hydrogen (secondary N) is 1. The summed E-state index contributed by atoms with van der Waals surface area (Å²) in [5.74, 6) is 0.0939. The van der Waals surface area contributed by atoms with Gasteiger partial charge in [-0.05, 0) is 30.7 Å². The fraction of sp³-hybridized carbons (Fsp3) is 0.316. The number of amides is 1. The van der Waals surface area contributed by atoms with Gasteiger partial charge in [-0.15, -0.1) is 0 Å². The molecule has 2 aromatic rings. The fourth-order valence-corrected chi connectivity index (χ4v) is 3.01. The normalized spacial score (nSPS) is 13.9. The van der Waals surface area contributed by atoms with Gasteiger partial charge in [0, 0.05) is 25.2 Å². The third kappa shape index (κ3) is 4.17. The number of rotatable bonds is 5. The summed E-state index contributed by atoms with van der Waals surface area (Å²) in [4.78, 5) is 25.7. The van der Waals surface area contributed by atoms with Crippen LogP contribution in [0.25, 0.3) is 0 Å². The first-order valence-corrected chi connectivity index (χ1v) is 8.56. The predicted molar refractivity (Wildman–Crippen MR) is 102 cm³/mol. The Morgan fingerprint density at radius 1 is 1.22 bits per heavy atom. The molecule has 0 saturated carbocycles. The lowest BCUT2D eigenvalue weighted by molar-refractivity contribution is -0.384. The molecule has 0 bridgehead atoms. The molecule has 0 aliphatic carbocycles. The van der Waals surface area contributed by atoms with Crippen LogP contribution in [-0.2, 0) is 4.74 Å². The number of nitrogens with zero attached hydrogens (tertiary/aromatic N) is 2. The van der Waals surface area contributed by atoms with E-state index in [9.17, 15) is 14.9 Å². The summed E-state index contributed by atoms with van der Waals surface area (Å²) in [6.07, 6.45) is 0. The van der Waals surface area contributed by atoms with Crippen LogP contribution >= 0.6 is 0 Å². The molecule has 1 N–H and O–H groups in total. The van der Waals surface area contributed by atoms with Gasteiger partial charge in [0.2, 0.25) is 0 Å². The number of nitro benzene ring substituents is 1. The van der Waals surface area contributed by atoms with Gasteiger partial charge in [-0.1, -0.05) is 6.07 Å². The van der Waals surface area contributed by atoms with E-state index in [0.717, 1.165) is 5.56 Å². The van der Waals surface area contributed by atoms with Crippen molar-refractivity contribution >= 4 is 23.0 Å². The molecule has 0 radical (unpaired) electrons. The van der Waals surface area contributed by atoms with E-state index >= 15 is 0 Å². The summed E-state index contributed by atoms with van der Waals surface area (Å²) < 4.78 is 10.7. The first kappa shape index (κ1) is 18.7. The van der Waals surface area contributed by atoms with Crippen molar-refractivity contribution in [1.82, 2.24) is 0 Å². The van der Waals surface area contributed by atoms with E-state index in [4.69, 9.17) is 9.47 Å². The lowest BCUT2D eigenvalue weighted by Gasteiger charge is -2.30. The molecule has 1 aliphatic rings. The molecule has 27 heavy (non-hydrogen) atoms. The Labute approximate surface area is 156 Å². The van der Waals surface area contributed by atoms with Crippen molar-refractivity contribution < 1.29 is 19.2 Å². The smallest absolute Gasteiger partial charge is 0.270 e. The second-order valence-corrected chi connectivity index (χ2v) is 6.22. The van der Waals surface area contributed by atoms with E-state index in [-0.39, 0.29) is 11.3 Å². The Hall–Kier alpha value is -3.13. The molecule has 1 saturated heterocycles. The molecule has 0 spiro atoms. The van der Waals surface area contributed by atoms with Crippen LogP contribution in [0.15, 0.2) is 36.4 Å². The molecule has 2 aromatic carbocycles. The molecular formula is C19H21N3O5. The maximum absolute atomic E-state index is 13.0. The number of carbonyl (C=O) groups is 1. The number of methoxy groups -OCH3 is 1. The highest BCUT2D eigenvalue weighted by molar-refractivity contribution is 6.09. The molecule has 0 atom stereocenters. The van der Waals surface area contributed by atoms with Crippen molar-refractivity contribution in [2.45, 2.75) is 6.92 Å². The van der Waals surface area contributed by atoms with Crippen molar-refractivity contribution in [1.29, 1.82) is 0 Å². The van der Waals surface area contributed by atoms with Gasteiger partial charge in [-0.2, -0.15) is 0 Å². The van der Waals surface area contributed by atoms with E-state index < -0.39 is 10.8 Å². The number of morpholine rings is 1. The molecule has 1 heterocycles. The van der Waals surface area contributed by atoms with Crippen molar-refractivity contribution in [3.63, 3.8) is 0 Å². The van der Waals surface area contributed by atoms with Gasteiger partial charge in [0.15, 0.2) is 0 Å². The van der Waals surface area contributed by atoms with Crippen LogP contribution in [-0.4, -0.2) is 44.2 Å². The van der Waals surface area contributed by atoms with Crippen molar-refractivity contribution in [3.05, 3.63) is 57.6 Å². The van der Waals surface area contributed by atoms with Gasteiger partial charge in [-0.3, -0.25) is 14.9 Å². The third-order valence-electron chi connectivity index (χ3n) is 4.39. The van der Waals surface area contributed by atoms with Crippen LogP contribution in [0, 0.1) is 17.0 Å². The molecule has 8 heteroatoms. The lowest BCUT2D eigenvalue weighted by Crippen LogP contribution is -2.37. The molecule has 8 nitrogen and oxygen atoms in total. The molecular weight excluding hydrogens is 350 g/mol. The number of hydrogen-bond donors (Lipinski definition) is 1. The van der Waals surface area contributed by atoms with E-state index in [2.05, 4.69) is 5.32 Å². The second-order valence-electron chi connectivity index (χ2n) is 6.22. The van der Waals surface area contributed by atoms with Crippen LogP contribution in [0.5, 0.6) is 5.75 Å². The summed E-state index contributed by atoms with van der Waals surface area (Å²) in [6, 6.07) is 9.77. The standard InChI is InChI=1S/C19H21N3O5/c1-13-3-6-18(26-2)16(11-13)20-19(23)15-12-14(22(24)25)4-5-17(15)21-7-9-27-10-8-21/h3-6,11-12H,7-10H2,1-2H3,(H,20,23). The maximum atomic E-state index is 13.0. The van der Waals surface area contributed by atoms with Gasteiger partial charge in [-0.25, -0.2) is 0 Å². The number of hydrogen-bond acceptors (Lipinski definition) is 6. The van der Waals surface area contributed by atoms with Crippen molar-refractivity contribution in [2.24, 2.45) is 0 Å². The Morgan fingerprint density at radius 3 is 2.63 bits per heavy atom. The molecule has 142 valence electrons. The van der Waals surface area contributed by atoms with Gasteiger partial charge in [0.1, 0.15) is 5.75 Å². The fourth-order valence-electron chi connectivity index (χ4n) is 3.01. The van der Waals surface area contributed by atoms with Crippen LogP contribution in [0.3, 0.4) is 0 Å². The highest BCUT2D eigenvalue weighted by Gasteiger charge is 2.22. The minimum absolute atomic E-state index is 0.131. The lowest BCUT2D eigenvalue weighted by atomic mass is 10.1. The zero-order valence-electron chi connectivity index (χ0n) is 15.2. The van der Waals surface area contributed by atoms with E-state index in [1.807, 2.05) is 17.9 Å². The summed E-state index contributed by atoms with van der Waals surface area (Å²) in [7, 11) is 1.52. The Morgan fingerprint density at radius 2 is 1.96 bits per heavy atom. The topological polar surface area (TPSA) is 93.9 Å². The molecule has 3 rings (SSSR count). The Balaban J connectivity index is 1.97. The number of aryl methyl sites for hydroxylation is 1. The average molecular weight is 371 g/mol. The quantitative estimate of drug-likeness (QED) is 0.641. The minimum atomic E-state index is -0.507. The first-order valence-electron chi connectivity index (χ1n) is 8.56. The zero-order valence-corrected chi connectivity index (χ0v) is 15.2. The Bertz CT molecular complexity index is 862. The third-order valence-corrected chi connectivity index (χ3v) is 4.39. The van der Waals surface area contributed by atoms with Gasteiger partial charge >= 0.3 is 0 Å². The highest BCUT2D eigenvalue weighted by atomic mass is 16.6. The summed E-state index contributed by atoms with van der Waals surface area (Å²) in [5, 5.41) is 14.0. The molecule has 1 amide bonds. The summed E-state index contributed by atoms with van der Waals surface area (Å²) in [6.45, 7) is 4.23. The van der Waals surface area contributed by atoms with E-state index in [0.29, 0.717) is 43.4 Å². The first-order chi connectivity index (χ1) is 13.0. The largest absolute Gasteiger partial charge is 0.495 e. The van der Waals surface area contributed by atoms with Gasteiger partial charge in [0.25, 0.3) is 11.6 Å². The van der Waals surface area contributed by atoms with Crippen LogP contribution < -0.4 is 15.0 Å². The average Bonchev–Trinajstić information content (AvgIpc) is 2.68. The van der Waals surface area contributed by atoms with E-state index in [1.54, 1.807) is 18.2 Å².